The summed E-state index contributed by atoms with van der Waals surface area (Å²) in [6, 6.07) is 8.05. The minimum absolute atomic E-state index is 0.145. The summed E-state index contributed by atoms with van der Waals surface area (Å²) in [5.74, 6) is -2.12. The molecule has 30 heavy (non-hydrogen) atoms. The molecule has 162 valence electrons. The van der Waals surface area contributed by atoms with Crippen LogP contribution in [-0.2, 0) is 14.8 Å². The zero-order valence-corrected chi connectivity index (χ0v) is 17.6. The van der Waals surface area contributed by atoms with Gasteiger partial charge in [0.2, 0.25) is 15.9 Å². The molecule has 0 radical (unpaired) electrons. The lowest BCUT2D eigenvalue weighted by atomic mass is 9.97. The van der Waals surface area contributed by atoms with E-state index in [1.165, 1.54) is 16.4 Å². The fourth-order valence-electron chi connectivity index (χ4n) is 3.45. The molecule has 1 heterocycles. The number of carbonyl (C=O) groups excluding carboxylic acids is 1. The number of anilines is 1. The fourth-order valence-corrected chi connectivity index (χ4v) is 5.01. The number of halogens is 2. The number of sulfonamides is 1. The van der Waals surface area contributed by atoms with E-state index in [4.69, 9.17) is 4.74 Å². The molecule has 2 aromatic carbocycles. The van der Waals surface area contributed by atoms with Gasteiger partial charge in [-0.1, -0.05) is 6.07 Å². The summed E-state index contributed by atoms with van der Waals surface area (Å²) in [5, 5.41) is 2.29. The van der Waals surface area contributed by atoms with Crippen LogP contribution in [0.4, 0.5) is 14.5 Å². The summed E-state index contributed by atoms with van der Waals surface area (Å²) in [6.45, 7) is 4.41. The number of carbonyl (C=O) groups is 1. The lowest BCUT2D eigenvalue weighted by molar-refractivity contribution is -0.121. The zero-order chi connectivity index (χ0) is 21.9. The van der Waals surface area contributed by atoms with Crippen LogP contribution >= 0.6 is 0 Å². The summed E-state index contributed by atoms with van der Waals surface area (Å²) in [7, 11) is -3.71. The molecule has 0 spiro atoms. The normalized spacial score (nSPS) is 15.7. The number of hydrogen-bond donors (Lipinski definition) is 1. The Balaban J connectivity index is 1.66. The monoisotopic (exact) mass is 438 g/mol. The van der Waals surface area contributed by atoms with Gasteiger partial charge in [0.15, 0.2) is 0 Å². The molecule has 3 rings (SSSR count). The number of nitrogens with one attached hydrogen (secondary N) is 1. The minimum atomic E-state index is -3.71. The molecule has 1 aliphatic rings. The van der Waals surface area contributed by atoms with Crippen LogP contribution in [0.15, 0.2) is 41.3 Å². The Morgan fingerprint density at radius 3 is 2.37 bits per heavy atom. The van der Waals surface area contributed by atoms with Crippen LogP contribution in [0.5, 0.6) is 5.75 Å². The first-order valence-electron chi connectivity index (χ1n) is 9.72. The number of aryl methyl sites for hydroxylation is 1. The highest BCUT2D eigenvalue weighted by Crippen LogP contribution is 2.28. The Labute approximate surface area is 174 Å². The summed E-state index contributed by atoms with van der Waals surface area (Å²) < 4.78 is 60.2. The number of amides is 1. The summed E-state index contributed by atoms with van der Waals surface area (Å²) in [6.07, 6.45) is 0.522. The van der Waals surface area contributed by atoms with Gasteiger partial charge >= 0.3 is 0 Å². The third kappa shape index (κ3) is 4.62. The smallest absolute Gasteiger partial charge is 0.243 e. The van der Waals surface area contributed by atoms with E-state index in [1.54, 1.807) is 19.1 Å². The number of benzene rings is 2. The molecule has 0 bridgehead atoms. The molecule has 2 aromatic rings. The number of rotatable bonds is 6. The SMILES string of the molecule is CCOc1ccc(S(=O)(=O)N2CCC(C(=O)Nc3c(F)cccc3F)CC2)cc1C. The van der Waals surface area contributed by atoms with Crippen molar-refractivity contribution < 1.29 is 26.7 Å². The molecule has 1 amide bonds. The first kappa shape index (κ1) is 22.2. The van der Waals surface area contributed by atoms with Crippen molar-refractivity contribution >= 4 is 21.6 Å². The molecule has 1 aliphatic heterocycles. The van der Waals surface area contributed by atoms with E-state index in [2.05, 4.69) is 5.32 Å². The Hall–Kier alpha value is -2.52. The maximum atomic E-state index is 13.7. The van der Waals surface area contributed by atoms with Crippen LogP contribution in [0.3, 0.4) is 0 Å². The van der Waals surface area contributed by atoms with E-state index in [1.807, 2.05) is 6.92 Å². The second kappa shape index (κ2) is 9.09. The summed E-state index contributed by atoms with van der Waals surface area (Å²) >= 11 is 0. The van der Waals surface area contributed by atoms with Crippen molar-refractivity contribution in [2.45, 2.75) is 31.6 Å². The van der Waals surface area contributed by atoms with Crippen molar-refractivity contribution in [2.24, 2.45) is 5.92 Å². The second-order valence-electron chi connectivity index (χ2n) is 7.12. The van der Waals surface area contributed by atoms with Gasteiger partial charge in [0.1, 0.15) is 23.1 Å². The van der Waals surface area contributed by atoms with E-state index in [0.29, 0.717) is 12.4 Å². The average molecular weight is 438 g/mol. The van der Waals surface area contributed by atoms with Gasteiger partial charge in [-0.05, 0) is 62.6 Å². The van der Waals surface area contributed by atoms with Crippen molar-refractivity contribution in [3.63, 3.8) is 0 Å². The van der Waals surface area contributed by atoms with Crippen LogP contribution in [0.2, 0.25) is 0 Å². The van der Waals surface area contributed by atoms with Crippen LogP contribution in [0.1, 0.15) is 25.3 Å². The number of nitrogens with zero attached hydrogens (tertiary/aromatic N) is 1. The molecule has 1 N–H and O–H groups in total. The summed E-state index contributed by atoms with van der Waals surface area (Å²) in [4.78, 5) is 12.6. The second-order valence-corrected chi connectivity index (χ2v) is 9.06. The van der Waals surface area contributed by atoms with E-state index >= 15 is 0 Å². The molecule has 0 aliphatic carbocycles. The van der Waals surface area contributed by atoms with Crippen molar-refractivity contribution in [2.75, 3.05) is 25.0 Å². The van der Waals surface area contributed by atoms with Gasteiger partial charge in [-0.2, -0.15) is 4.31 Å². The molecule has 0 atom stereocenters. The molecular weight excluding hydrogens is 414 g/mol. The molecule has 1 fully saturated rings. The largest absolute Gasteiger partial charge is 0.494 e. The molecular formula is C21H24F2N2O4S. The van der Waals surface area contributed by atoms with Crippen LogP contribution < -0.4 is 10.1 Å². The predicted molar refractivity (Wildman–Crippen MR) is 109 cm³/mol. The third-order valence-electron chi connectivity index (χ3n) is 5.12. The van der Waals surface area contributed by atoms with Crippen LogP contribution in [0, 0.1) is 24.5 Å². The van der Waals surface area contributed by atoms with Gasteiger partial charge in [-0.15, -0.1) is 0 Å². The van der Waals surface area contributed by atoms with E-state index < -0.39 is 39.2 Å². The first-order valence-corrected chi connectivity index (χ1v) is 11.2. The third-order valence-corrected chi connectivity index (χ3v) is 7.01. The highest BCUT2D eigenvalue weighted by atomic mass is 32.2. The highest BCUT2D eigenvalue weighted by molar-refractivity contribution is 7.89. The maximum Gasteiger partial charge on any atom is 0.243 e. The van der Waals surface area contributed by atoms with Gasteiger partial charge in [-0.25, -0.2) is 17.2 Å². The van der Waals surface area contributed by atoms with Crippen molar-refractivity contribution in [1.82, 2.24) is 4.31 Å². The van der Waals surface area contributed by atoms with Gasteiger partial charge in [0.25, 0.3) is 0 Å². The Bertz CT molecular complexity index is 1020. The van der Waals surface area contributed by atoms with Crippen LogP contribution in [0.25, 0.3) is 0 Å². The van der Waals surface area contributed by atoms with E-state index in [0.717, 1.165) is 17.7 Å². The number of ether oxygens (including phenoxy) is 1. The number of hydrogen-bond acceptors (Lipinski definition) is 4. The van der Waals surface area contributed by atoms with Crippen molar-refractivity contribution in [3.05, 3.63) is 53.6 Å². The highest BCUT2D eigenvalue weighted by Gasteiger charge is 2.32. The van der Waals surface area contributed by atoms with E-state index in [-0.39, 0.29) is 30.8 Å². The van der Waals surface area contributed by atoms with Gasteiger partial charge in [0.05, 0.1) is 11.5 Å². The molecule has 0 unspecified atom stereocenters. The zero-order valence-electron chi connectivity index (χ0n) is 16.8. The maximum absolute atomic E-state index is 13.7. The number of para-hydroxylation sites is 1. The predicted octanol–water partition coefficient (Wildman–Crippen LogP) is 3.71. The lowest BCUT2D eigenvalue weighted by Gasteiger charge is -2.30. The Kier molecular flexibility index (Phi) is 6.72. The van der Waals surface area contributed by atoms with E-state index in [9.17, 15) is 22.0 Å². The molecule has 1 saturated heterocycles. The molecule has 6 nitrogen and oxygen atoms in total. The van der Waals surface area contributed by atoms with Crippen molar-refractivity contribution in [1.29, 1.82) is 0 Å². The first-order chi connectivity index (χ1) is 14.2. The Morgan fingerprint density at radius 2 is 1.80 bits per heavy atom. The molecule has 0 saturated carbocycles. The van der Waals surface area contributed by atoms with Gasteiger partial charge in [0, 0.05) is 19.0 Å². The lowest BCUT2D eigenvalue weighted by Crippen LogP contribution is -2.41. The van der Waals surface area contributed by atoms with Crippen molar-refractivity contribution in [3.8, 4) is 5.75 Å². The molecule has 0 aromatic heterocycles. The van der Waals surface area contributed by atoms with Gasteiger partial charge in [-0.3, -0.25) is 4.79 Å². The minimum Gasteiger partial charge on any atom is -0.494 e. The standard InChI is InChI=1S/C21H24F2N2O4S/c1-3-29-19-8-7-16(13-14(19)2)30(27,28)25-11-9-15(10-12-25)21(26)24-20-17(22)5-4-6-18(20)23/h4-8,13,15H,3,9-12H2,1-2H3,(H,24,26). The van der Waals surface area contributed by atoms with Crippen LogP contribution in [-0.4, -0.2) is 38.3 Å². The Morgan fingerprint density at radius 1 is 1.17 bits per heavy atom. The quantitative estimate of drug-likeness (QED) is 0.746. The topological polar surface area (TPSA) is 75.7 Å². The average Bonchev–Trinajstić information content (AvgIpc) is 2.72. The molecule has 9 heteroatoms. The fraction of sp³-hybridized carbons (Fsp3) is 0.381. The summed E-state index contributed by atoms with van der Waals surface area (Å²) in [5.41, 5.74) is 0.238. The number of piperidine rings is 1. The van der Waals surface area contributed by atoms with Gasteiger partial charge < -0.3 is 10.1 Å².